The fraction of sp³-hybridized carbons (Fsp3) is 0.235. The van der Waals surface area contributed by atoms with E-state index in [0.717, 1.165) is 23.4 Å². The van der Waals surface area contributed by atoms with Gasteiger partial charge < -0.3 is 10.1 Å². The maximum Gasteiger partial charge on any atom is 0.255 e. The standard InChI is InChI=1S/C17H19NO2/c1-3-10-20-16-9-5-8-15(12-16)18-17(19)14-7-4-6-13(2)11-14/h4-9,11-12H,3,10H2,1-2H3,(H,18,19). The number of carbonyl (C=O) groups is 1. The molecule has 0 radical (unpaired) electrons. The molecule has 0 bridgehead atoms. The predicted molar refractivity (Wildman–Crippen MR) is 81.4 cm³/mol. The minimum atomic E-state index is -0.110. The Kier molecular flexibility index (Phi) is 4.77. The topological polar surface area (TPSA) is 38.3 Å². The van der Waals surface area contributed by atoms with E-state index in [1.165, 1.54) is 0 Å². The van der Waals surface area contributed by atoms with E-state index in [4.69, 9.17) is 4.74 Å². The van der Waals surface area contributed by atoms with Crippen LogP contribution in [-0.4, -0.2) is 12.5 Å². The zero-order chi connectivity index (χ0) is 14.4. The number of anilines is 1. The zero-order valence-electron chi connectivity index (χ0n) is 11.8. The van der Waals surface area contributed by atoms with Gasteiger partial charge in [-0.25, -0.2) is 0 Å². The van der Waals surface area contributed by atoms with Crippen molar-refractivity contribution in [2.24, 2.45) is 0 Å². The second-order valence-electron chi connectivity index (χ2n) is 4.70. The van der Waals surface area contributed by atoms with Crippen molar-refractivity contribution in [3.05, 3.63) is 59.7 Å². The Morgan fingerprint density at radius 1 is 1.15 bits per heavy atom. The Balaban J connectivity index is 2.07. The van der Waals surface area contributed by atoms with Crippen LogP contribution in [0.15, 0.2) is 48.5 Å². The number of hydrogen-bond acceptors (Lipinski definition) is 2. The molecule has 0 atom stereocenters. The molecule has 0 spiro atoms. The summed E-state index contributed by atoms with van der Waals surface area (Å²) in [5.74, 6) is 0.662. The number of benzene rings is 2. The summed E-state index contributed by atoms with van der Waals surface area (Å²) < 4.78 is 5.55. The van der Waals surface area contributed by atoms with E-state index in [0.29, 0.717) is 12.2 Å². The molecule has 1 amide bonds. The van der Waals surface area contributed by atoms with Crippen molar-refractivity contribution in [1.82, 2.24) is 0 Å². The maximum absolute atomic E-state index is 12.1. The molecule has 2 aromatic carbocycles. The van der Waals surface area contributed by atoms with Crippen molar-refractivity contribution < 1.29 is 9.53 Å². The van der Waals surface area contributed by atoms with Crippen molar-refractivity contribution >= 4 is 11.6 Å². The van der Waals surface area contributed by atoms with Crippen LogP contribution in [0.3, 0.4) is 0 Å². The third-order valence-electron chi connectivity index (χ3n) is 2.85. The van der Waals surface area contributed by atoms with Gasteiger partial charge >= 0.3 is 0 Å². The predicted octanol–water partition coefficient (Wildman–Crippen LogP) is 4.04. The molecule has 2 aromatic rings. The Morgan fingerprint density at radius 2 is 1.95 bits per heavy atom. The molecular formula is C17H19NO2. The van der Waals surface area contributed by atoms with E-state index in [9.17, 15) is 4.79 Å². The molecule has 0 aliphatic carbocycles. The fourth-order valence-electron chi connectivity index (χ4n) is 1.87. The van der Waals surface area contributed by atoms with Gasteiger partial charge in [-0.1, -0.05) is 30.7 Å². The quantitative estimate of drug-likeness (QED) is 0.889. The van der Waals surface area contributed by atoms with Gasteiger partial charge in [-0.3, -0.25) is 4.79 Å². The first-order valence-corrected chi connectivity index (χ1v) is 6.80. The van der Waals surface area contributed by atoms with Crippen LogP contribution in [0.25, 0.3) is 0 Å². The molecule has 2 rings (SSSR count). The SMILES string of the molecule is CCCOc1cccc(NC(=O)c2cccc(C)c2)c1. The lowest BCUT2D eigenvalue weighted by molar-refractivity contribution is 0.102. The van der Waals surface area contributed by atoms with Gasteiger partial charge in [0.15, 0.2) is 0 Å². The third kappa shape index (κ3) is 3.85. The summed E-state index contributed by atoms with van der Waals surface area (Å²) in [4.78, 5) is 12.1. The highest BCUT2D eigenvalue weighted by atomic mass is 16.5. The minimum Gasteiger partial charge on any atom is -0.494 e. The third-order valence-corrected chi connectivity index (χ3v) is 2.85. The van der Waals surface area contributed by atoms with Crippen LogP contribution in [-0.2, 0) is 0 Å². The molecule has 0 saturated heterocycles. The smallest absolute Gasteiger partial charge is 0.255 e. The first-order chi connectivity index (χ1) is 9.69. The highest BCUT2D eigenvalue weighted by Crippen LogP contribution is 2.18. The van der Waals surface area contributed by atoms with Crippen molar-refractivity contribution in [1.29, 1.82) is 0 Å². The van der Waals surface area contributed by atoms with Crippen LogP contribution in [0.2, 0.25) is 0 Å². The van der Waals surface area contributed by atoms with Gasteiger partial charge in [-0.2, -0.15) is 0 Å². The first kappa shape index (κ1) is 14.1. The lowest BCUT2D eigenvalue weighted by atomic mass is 10.1. The van der Waals surface area contributed by atoms with Gasteiger partial charge in [-0.15, -0.1) is 0 Å². The summed E-state index contributed by atoms with van der Waals surface area (Å²) in [5, 5.41) is 2.88. The molecule has 1 N–H and O–H groups in total. The Labute approximate surface area is 119 Å². The normalized spacial score (nSPS) is 10.1. The van der Waals surface area contributed by atoms with Crippen molar-refractivity contribution in [2.75, 3.05) is 11.9 Å². The van der Waals surface area contributed by atoms with Crippen LogP contribution in [0.5, 0.6) is 5.75 Å². The second-order valence-corrected chi connectivity index (χ2v) is 4.70. The van der Waals surface area contributed by atoms with Crippen molar-refractivity contribution in [3.63, 3.8) is 0 Å². The average Bonchev–Trinajstić information content (AvgIpc) is 2.45. The summed E-state index contributed by atoms with van der Waals surface area (Å²) in [6.45, 7) is 4.70. The number of rotatable bonds is 5. The van der Waals surface area contributed by atoms with E-state index in [1.54, 1.807) is 6.07 Å². The van der Waals surface area contributed by atoms with Crippen LogP contribution < -0.4 is 10.1 Å². The lowest BCUT2D eigenvalue weighted by Gasteiger charge is -2.09. The highest BCUT2D eigenvalue weighted by molar-refractivity contribution is 6.04. The highest BCUT2D eigenvalue weighted by Gasteiger charge is 2.06. The lowest BCUT2D eigenvalue weighted by Crippen LogP contribution is -2.12. The average molecular weight is 269 g/mol. The summed E-state index contributed by atoms with van der Waals surface area (Å²) in [6, 6.07) is 15.0. The summed E-state index contributed by atoms with van der Waals surface area (Å²) in [6.07, 6.45) is 0.958. The molecule has 3 nitrogen and oxygen atoms in total. The molecule has 0 aliphatic heterocycles. The summed E-state index contributed by atoms with van der Waals surface area (Å²) >= 11 is 0. The number of aryl methyl sites for hydroxylation is 1. The van der Waals surface area contributed by atoms with Gasteiger partial charge in [0.05, 0.1) is 6.61 Å². The van der Waals surface area contributed by atoms with Gasteiger partial charge in [-0.05, 0) is 37.6 Å². The van der Waals surface area contributed by atoms with Gasteiger partial charge in [0.2, 0.25) is 0 Å². The number of amides is 1. The molecule has 104 valence electrons. The Morgan fingerprint density at radius 3 is 2.70 bits per heavy atom. The van der Waals surface area contributed by atoms with Gasteiger partial charge in [0, 0.05) is 17.3 Å². The van der Waals surface area contributed by atoms with E-state index < -0.39 is 0 Å². The second kappa shape index (κ2) is 6.75. The molecule has 20 heavy (non-hydrogen) atoms. The van der Waals surface area contributed by atoms with Crippen molar-refractivity contribution in [2.45, 2.75) is 20.3 Å². The van der Waals surface area contributed by atoms with E-state index in [2.05, 4.69) is 12.2 Å². The van der Waals surface area contributed by atoms with Crippen molar-refractivity contribution in [3.8, 4) is 5.75 Å². The van der Waals surface area contributed by atoms with E-state index in [1.807, 2.05) is 49.4 Å². The molecule has 0 aliphatic rings. The molecule has 0 heterocycles. The zero-order valence-corrected chi connectivity index (χ0v) is 11.8. The van der Waals surface area contributed by atoms with Crippen LogP contribution in [0, 0.1) is 6.92 Å². The minimum absolute atomic E-state index is 0.110. The Bertz CT molecular complexity index is 593. The summed E-state index contributed by atoms with van der Waals surface area (Å²) in [7, 11) is 0. The monoisotopic (exact) mass is 269 g/mol. The fourth-order valence-corrected chi connectivity index (χ4v) is 1.87. The van der Waals surface area contributed by atoms with Gasteiger partial charge in [0.1, 0.15) is 5.75 Å². The molecule has 0 fully saturated rings. The summed E-state index contributed by atoms with van der Waals surface area (Å²) in [5.41, 5.74) is 2.47. The van der Waals surface area contributed by atoms with Crippen LogP contribution >= 0.6 is 0 Å². The molecular weight excluding hydrogens is 250 g/mol. The Hall–Kier alpha value is -2.29. The molecule has 3 heteroatoms. The van der Waals surface area contributed by atoms with E-state index >= 15 is 0 Å². The molecule has 0 unspecified atom stereocenters. The number of carbonyl (C=O) groups excluding carboxylic acids is 1. The number of ether oxygens (including phenoxy) is 1. The van der Waals surface area contributed by atoms with Gasteiger partial charge in [0.25, 0.3) is 5.91 Å². The van der Waals surface area contributed by atoms with Crippen LogP contribution in [0.1, 0.15) is 29.3 Å². The molecule has 0 aromatic heterocycles. The van der Waals surface area contributed by atoms with E-state index in [-0.39, 0.29) is 5.91 Å². The maximum atomic E-state index is 12.1. The largest absolute Gasteiger partial charge is 0.494 e. The first-order valence-electron chi connectivity index (χ1n) is 6.80. The van der Waals surface area contributed by atoms with Crippen LogP contribution in [0.4, 0.5) is 5.69 Å². The number of nitrogens with one attached hydrogen (secondary N) is 1. The molecule has 0 saturated carbocycles. The number of hydrogen-bond donors (Lipinski definition) is 1.